The van der Waals surface area contributed by atoms with Crippen molar-refractivity contribution in [2.45, 2.75) is 12.5 Å². The molecule has 1 fully saturated rings. The molecule has 1 unspecified atom stereocenters. The highest BCUT2D eigenvalue weighted by atomic mass is 19.1. The van der Waals surface area contributed by atoms with E-state index in [9.17, 15) is 18.8 Å². The Morgan fingerprint density at radius 1 is 1.43 bits per heavy atom. The lowest BCUT2D eigenvalue weighted by atomic mass is 10.1. The summed E-state index contributed by atoms with van der Waals surface area (Å²) in [6, 6.07) is 3.84. The van der Waals surface area contributed by atoms with E-state index in [1.165, 1.54) is 19.2 Å². The van der Waals surface area contributed by atoms with E-state index in [-0.39, 0.29) is 18.7 Å². The van der Waals surface area contributed by atoms with E-state index in [0.717, 1.165) is 9.91 Å². The number of carbonyl (C=O) groups is 3. The van der Waals surface area contributed by atoms with Gasteiger partial charge >= 0.3 is 6.03 Å². The van der Waals surface area contributed by atoms with E-state index in [4.69, 9.17) is 4.74 Å². The van der Waals surface area contributed by atoms with Crippen LogP contribution in [0.2, 0.25) is 0 Å². The van der Waals surface area contributed by atoms with Crippen LogP contribution in [0.5, 0.6) is 5.75 Å². The third kappa shape index (κ3) is 2.18. The molecule has 4 amide bonds. The second-order valence-corrected chi connectivity index (χ2v) is 4.84. The summed E-state index contributed by atoms with van der Waals surface area (Å²) in [5.74, 6) is -1.49. The first kappa shape index (κ1) is 13.3. The number of nitrogens with one attached hydrogen (secondary N) is 1. The molecule has 7 nitrogen and oxygen atoms in total. The second kappa shape index (κ2) is 4.72. The number of likely N-dealkylation sites (N-methyl/N-ethyl adjacent to an activating group) is 1. The van der Waals surface area contributed by atoms with Crippen LogP contribution >= 0.6 is 0 Å². The number of ether oxygens (including phenoxy) is 1. The molecule has 110 valence electrons. The Kier molecular flexibility index (Phi) is 3.00. The number of hydrogen-bond acceptors (Lipinski definition) is 4. The lowest BCUT2D eigenvalue weighted by Crippen LogP contribution is -2.49. The van der Waals surface area contributed by atoms with Crippen LogP contribution < -0.4 is 10.2 Å². The predicted octanol–water partition coefficient (Wildman–Crippen LogP) is 0.0544. The number of benzene rings is 1. The Morgan fingerprint density at radius 3 is 2.81 bits per heavy atom. The number of hydrazine groups is 1. The van der Waals surface area contributed by atoms with E-state index < -0.39 is 29.8 Å². The first-order valence-electron chi connectivity index (χ1n) is 6.30. The van der Waals surface area contributed by atoms with Gasteiger partial charge in [-0.1, -0.05) is 12.1 Å². The summed E-state index contributed by atoms with van der Waals surface area (Å²) >= 11 is 0. The van der Waals surface area contributed by atoms with Crippen molar-refractivity contribution >= 4 is 17.8 Å². The first-order valence-corrected chi connectivity index (χ1v) is 6.30. The summed E-state index contributed by atoms with van der Waals surface area (Å²) in [7, 11) is 1.33. The van der Waals surface area contributed by atoms with Gasteiger partial charge in [-0.3, -0.25) is 19.9 Å². The molecule has 1 N–H and O–H groups in total. The number of urea groups is 1. The highest BCUT2D eigenvalue weighted by Crippen LogP contribution is 2.31. The number of amides is 4. The molecular formula is C13H12FN3O4. The molecule has 1 aromatic carbocycles. The third-order valence-corrected chi connectivity index (χ3v) is 3.44. The second-order valence-electron chi connectivity index (χ2n) is 4.84. The van der Waals surface area contributed by atoms with E-state index in [0.29, 0.717) is 5.56 Å². The summed E-state index contributed by atoms with van der Waals surface area (Å²) in [6.07, 6.45) is -0.712. The molecule has 0 radical (unpaired) electrons. The highest BCUT2D eigenvalue weighted by Gasteiger charge is 2.37. The minimum atomic E-state index is -0.925. The zero-order valence-corrected chi connectivity index (χ0v) is 11.1. The molecule has 8 heteroatoms. The fourth-order valence-electron chi connectivity index (χ4n) is 2.27. The van der Waals surface area contributed by atoms with Crippen LogP contribution in [0.1, 0.15) is 5.56 Å². The Morgan fingerprint density at radius 2 is 2.19 bits per heavy atom. The summed E-state index contributed by atoms with van der Waals surface area (Å²) in [6.45, 7) is -0.227. The maximum Gasteiger partial charge on any atom is 0.345 e. The van der Waals surface area contributed by atoms with Crippen LogP contribution in [0, 0.1) is 5.82 Å². The van der Waals surface area contributed by atoms with Gasteiger partial charge in [-0.2, -0.15) is 0 Å². The standard InChI is InChI=1S/C13H12FN3O4/c1-16-10(18)6-17(13(16)20)15-12(19)9-5-7-3-2-4-8(14)11(7)21-9/h2-4,9H,5-6H2,1H3,(H,15,19). The fraction of sp³-hybridized carbons (Fsp3) is 0.308. The van der Waals surface area contributed by atoms with Gasteiger partial charge in [-0.25, -0.2) is 14.2 Å². The van der Waals surface area contributed by atoms with E-state index in [1.807, 2.05) is 0 Å². The van der Waals surface area contributed by atoms with Crippen LogP contribution in [0.4, 0.5) is 9.18 Å². The molecule has 1 saturated heterocycles. The van der Waals surface area contributed by atoms with Crippen molar-refractivity contribution in [2.24, 2.45) is 0 Å². The van der Waals surface area contributed by atoms with Gasteiger partial charge in [0.2, 0.25) is 0 Å². The van der Waals surface area contributed by atoms with Gasteiger partial charge in [0.15, 0.2) is 17.7 Å². The van der Waals surface area contributed by atoms with Gasteiger partial charge in [0.1, 0.15) is 6.54 Å². The smallest absolute Gasteiger partial charge is 0.345 e. The average Bonchev–Trinajstić information content (AvgIpc) is 2.98. The minimum Gasteiger partial charge on any atom is -0.477 e. The SMILES string of the molecule is CN1C(=O)CN(NC(=O)C2Cc3cccc(F)c3O2)C1=O. The third-order valence-electron chi connectivity index (χ3n) is 3.44. The molecule has 2 aliphatic heterocycles. The van der Waals surface area contributed by atoms with Crippen LogP contribution in [0.25, 0.3) is 0 Å². The van der Waals surface area contributed by atoms with Crippen molar-refractivity contribution in [3.05, 3.63) is 29.6 Å². The molecule has 2 heterocycles. The van der Waals surface area contributed by atoms with Gasteiger partial charge in [-0.05, 0) is 6.07 Å². The van der Waals surface area contributed by atoms with Gasteiger partial charge in [-0.15, -0.1) is 0 Å². The van der Waals surface area contributed by atoms with Crippen LogP contribution in [-0.4, -0.2) is 47.5 Å². The first-order chi connectivity index (χ1) is 9.97. The molecule has 1 aromatic rings. The number of carbonyl (C=O) groups excluding carboxylic acids is 3. The van der Waals surface area contributed by atoms with Gasteiger partial charge in [0.25, 0.3) is 11.8 Å². The molecule has 3 rings (SSSR count). The summed E-state index contributed by atoms with van der Waals surface area (Å²) in [4.78, 5) is 36.0. The van der Waals surface area contributed by atoms with E-state index in [2.05, 4.69) is 5.43 Å². The minimum absolute atomic E-state index is 0.0543. The molecule has 0 aromatic heterocycles. The predicted molar refractivity (Wildman–Crippen MR) is 67.5 cm³/mol. The average molecular weight is 293 g/mol. The van der Waals surface area contributed by atoms with E-state index >= 15 is 0 Å². The monoisotopic (exact) mass is 293 g/mol. The lowest BCUT2D eigenvalue weighted by molar-refractivity contribution is -0.131. The topological polar surface area (TPSA) is 79.0 Å². The Bertz CT molecular complexity index is 648. The maximum absolute atomic E-state index is 13.5. The zero-order valence-electron chi connectivity index (χ0n) is 11.1. The van der Waals surface area contributed by atoms with Crippen molar-refractivity contribution in [3.63, 3.8) is 0 Å². The number of rotatable bonds is 2. The Hall–Kier alpha value is -2.64. The Balaban J connectivity index is 1.68. The van der Waals surface area contributed by atoms with Crippen molar-refractivity contribution < 1.29 is 23.5 Å². The summed E-state index contributed by atoms with van der Waals surface area (Å²) in [5, 5.41) is 0.910. The number of halogens is 1. The van der Waals surface area contributed by atoms with Crippen LogP contribution in [-0.2, 0) is 16.0 Å². The van der Waals surface area contributed by atoms with Gasteiger partial charge in [0, 0.05) is 19.0 Å². The van der Waals surface area contributed by atoms with Gasteiger partial charge < -0.3 is 4.74 Å². The molecule has 2 aliphatic rings. The number of hydrogen-bond donors (Lipinski definition) is 1. The van der Waals surface area contributed by atoms with Gasteiger partial charge in [0.05, 0.1) is 0 Å². The molecule has 21 heavy (non-hydrogen) atoms. The molecule has 0 saturated carbocycles. The van der Waals surface area contributed by atoms with E-state index in [1.54, 1.807) is 6.07 Å². The molecule has 0 spiro atoms. The Labute approximate surface area is 119 Å². The van der Waals surface area contributed by atoms with Crippen molar-refractivity contribution in [1.29, 1.82) is 0 Å². The van der Waals surface area contributed by atoms with Crippen molar-refractivity contribution in [1.82, 2.24) is 15.3 Å². The molecular weight excluding hydrogens is 281 g/mol. The van der Waals surface area contributed by atoms with Crippen molar-refractivity contribution in [3.8, 4) is 5.75 Å². The maximum atomic E-state index is 13.5. The molecule has 0 bridgehead atoms. The lowest BCUT2D eigenvalue weighted by Gasteiger charge is -2.18. The largest absolute Gasteiger partial charge is 0.477 e. The van der Waals surface area contributed by atoms with Crippen molar-refractivity contribution in [2.75, 3.05) is 13.6 Å². The molecule has 0 aliphatic carbocycles. The zero-order chi connectivity index (χ0) is 15.1. The number of fused-ring (bicyclic) bond motifs is 1. The number of imide groups is 1. The number of nitrogens with zero attached hydrogens (tertiary/aromatic N) is 2. The quantitative estimate of drug-likeness (QED) is 0.782. The normalized spacial score (nSPS) is 20.6. The highest BCUT2D eigenvalue weighted by molar-refractivity contribution is 6.02. The summed E-state index contributed by atoms with van der Waals surface area (Å²) < 4.78 is 18.8. The summed E-state index contributed by atoms with van der Waals surface area (Å²) in [5.41, 5.74) is 2.91. The fourth-order valence-corrected chi connectivity index (χ4v) is 2.27. The molecule has 1 atom stereocenters. The number of para-hydroxylation sites is 1. The van der Waals surface area contributed by atoms with Crippen LogP contribution in [0.3, 0.4) is 0 Å². The van der Waals surface area contributed by atoms with Crippen LogP contribution in [0.15, 0.2) is 18.2 Å².